The highest BCUT2D eigenvalue weighted by atomic mass is 35.5. The van der Waals surface area contributed by atoms with Crippen molar-refractivity contribution in [2.45, 2.75) is 0 Å². The predicted molar refractivity (Wildman–Crippen MR) is 93.8 cm³/mol. The maximum absolute atomic E-state index is 11.9. The van der Waals surface area contributed by atoms with Gasteiger partial charge in [0.1, 0.15) is 0 Å². The molecule has 6 nitrogen and oxygen atoms in total. The molecule has 0 radical (unpaired) electrons. The van der Waals surface area contributed by atoms with E-state index < -0.39 is 24.4 Å². The maximum Gasteiger partial charge on any atom is 0.338 e. The summed E-state index contributed by atoms with van der Waals surface area (Å²) in [5.74, 6) is -2.12. The second kappa shape index (κ2) is 8.71. The Morgan fingerprint density at radius 1 is 0.920 bits per heavy atom. The van der Waals surface area contributed by atoms with Crippen molar-refractivity contribution in [3.05, 3.63) is 68.7 Å². The molecule has 0 aliphatic rings. The number of amides is 2. The van der Waals surface area contributed by atoms with Gasteiger partial charge in [0.25, 0.3) is 11.8 Å². The van der Waals surface area contributed by atoms with Gasteiger partial charge in [-0.2, -0.15) is 0 Å². The normalized spacial score (nSPS) is 10.0. The van der Waals surface area contributed by atoms with E-state index in [0.717, 1.165) is 0 Å². The van der Waals surface area contributed by atoms with Crippen LogP contribution in [0.1, 0.15) is 20.7 Å². The Hall–Kier alpha value is -2.28. The zero-order valence-electron chi connectivity index (χ0n) is 12.5. The average molecular weight is 402 g/mol. The number of ether oxygens (including phenoxy) is 1. The molecule has 0 aliphatic heterocycles. The van der Waals surface area contributed by atoms with Crippen LogP contribution >= 0.6 is 34.8 Å². The molecule has 0 unspecified atom stereocenters. The van der Waals surface area contributed by atoms with E-state index in [9.17, 15) is 14.4 Å². The Morgan fingerprint density at radius 2 is 1.56 bits per heavy atom. The number of rotatable bonds is 4. The Morgan fingerprint density at radius 3 is 2.20 bits per heavy atom. The van der Waals surface area contributed by atoms with Gasteiger partial charge in [0.05, 0.1) is 16.1 Å². The quantitative estimate of drug-likeness (QED) is 0.608. The molecule has 0 saturated heterocycles. The lowest BCUT2D eigenvalue weighted by Gasteiger charge is -2.09. The summed E-state index contributed by atoms with van der Waals surface area (Å²) in [5.41, 5.74) is 4.57. The van der Waals surface area contributed by atoms with Crippen molar-refractivity contribution in [2.75, 3.05) is 6.61 Å². The van der Waals surface area contributed by atoms with Gasteiger partial charge in [0.15, 0.2) is 6.61 Å². The van der Waals surface area contributed by atoms with Crippen LogP contribution in [0.3, 0.4) is 0 Å². The van der Waals surface area contributed by atoms with Crippen LogP contribution in [-0.2, 0) is 9.53 Å². The van der Waals surface area contributed by atoms with Crippen LogP contribution in [0.25, 0.3) is 0 Å². The SMILES string of the molecule is O=C(COC(=O)c1cc(Cl)cc(Cl)c1)NNC(=O)c1ccccc1Cl. The zero-order valence-corrected chi connectivity index (χ0v) is 14.8. The lowest BCUT2D eigenvalue weighted by Crippen LogP contribution is -2.43. The summed E-state index contributed by atoms with van der Waals surface area (Å²) in [7, 11) is 0. The number of esters is 1. The molecular weight excluding hydrogens is 391 g/mol. The third kappa shape index (κ3) is 5.63. The van der Waals surface area contributed by atoms with Crippen LogP contribution in [0.4, 0.5) is 0 Å². The van der Waals surface area contributed by atoms with E-state index in [4.69, 9.17) is 39.5 Å². The molecule has 0 aliphatic carbocycles. The Labute approximate surface area is 158 Å². The lowest BCUT2D eigenvalue weighted by molar-refractivity contribution is -0.125. The summed E-state index contributed by atoms with van der Waals surface area (Å²) >= 11 is 17.4. The fourth-order valence-corrected chi connectivity index (χ4v) is 2.51. The lowest BCUT2D eigenvalue weighted by atomic mass is 10.2. The van der Waals surface area contributed by atoms with Gasteiger partial charge in [-0.1, -0.05) is 46.9 Å². The van der Waals surface area contributed by atoms with E-state index in [2.05, 4.69) is 10.9 Å². The first kappa shape index (κ1) is 19.1. The van der Waals surface area contributed by atoms with E-state index in [1.165, 1.54) is 30.3 Å². The van der Waals surface area contributed by atoms with Crippen molar-refractivity contribution < 1.29 is 19.1 Å². The first-order valence-electron chi connectivity index (χ1n) is 6.84. The van der Waals surface area contributed by atoms with E-state index in [1.807, 2.05) is 0 Å². The molecule has 2 amide bonds. The molecule has 0 fully saturated rings. The number of hydrazine groups is 1. The maximum atomic E-state index is 11.9. The topological polar surface area (TPSA) is 84.5 Å². The van der Waals surface area contributed by atoms with Crippen molar-refractivity contribution in [1.82, 2.24) is 10.9 Å². The minimum atomic E-state index is -0.781. The van der Waals surface area contributed by atoms with E-state index in [0.29, 0.717) is 0 Å². The van der Waals surface area contributed by atoms with Crippen LogP contribution in [0.15, 0.2) is 42.5 Å². The molecule has 130 valence electrons. The molecule has 25 heavy (non-hydrogen) atoms. The standard InChI is InChI=1S/C16H11Cl3N2O4/c17-10-5-9(6-11(18)7-10)16(24)25-8-14(22)20-21-15(23)12-3-1-2-4-13(12)19/h1-7H,8H2,(H,20,22)(H,21,23). The number of hydrogen-bond acceptors (Lipinski definition) is 4. The summed E-state index contributed by atoms with van der Waals surface area (Å²) in [6, 6.07) is 10.5. The highest BCUT2D eigenvalue weighted by Gasteiger charge is 2.14. The third-order valence-electron chi connectivity index (χ3n) is 2.87. The summed E-state index contributed by atoms with van der Waals surface area (Å²) in [6.07, 6.45) is 0. The van der Waals surface area contributed by atoms with Crippen molar-refractivity contribution in [2.24, 2.45) is 0 Å². The third-order valence-corrected chi connectivity index (χ3v) is 3.63. The average Bonchev–Trinajstić information content (AvgIpc) is 2.57. The van der Waals surface area contributed by atoms with Crippen molar-refractivity contribution in [1.29, 1.82) is 0 Å². The van der Waals surface area contributed by atoms with Gasteiger partial charge in [-0.15, -0.1) is 0 Å². The van der Waals surface area contributed by atoms with Crippen LogP contribution < -0.4 is 10.9 Å². The highest BCUT2D eigenvalue weighted by molar-refractivity contribution is 6.35. The number of carbonyl (C=O) groups excluding carboxylic acids is 3. The van der Waals surface area contributed by atoms with Gasteiger partial charge in [0.2, 0.25) is 0 Å². The molecule has 0 atom stereocenters. The monoisotopic (exact) mass is 400 g/mol. The van der Waals surface area contributed by atoms with Crippen molar-refractivity contribution >= 4 is 52.6 Å². The molecular formula is C16H11Cl3N2O4. The van der Waals surface area contributed by atoms with Crippen LogP contribution in [0.2, 0.25) is 15.1 Å². The second-order valence-electron chi connectivity index (χ2n) is 4.72. The molecule has 2 aromatic rings. The van der Waals surface area contributed by atoms with Crippen LogP contribution in [0, 0.1) is 0 Å². The smallest absolute Gasteiger partial charge is 0.338 e. The van der Waals surface area contributed by atoms with Gasteiger partial charge in [-0.25, -0.2) is 4.79 Å². The second-order valence-corrected chi connectivity index (χ2v) is 6.00. The summed E-state index contributed by atoms with van der Waals surface area (Å²) in [5, 5.41) is 0.755. The van der Waals surface area contributed by atoms with Gasteiger partial charge in [-0.05, 0) is 30.3 Å². The number of halogens is 3. The van der Waals surface area contributed by atoms with Crippen LogP contribution in [0.5, 0.6) is 0 Å². The van der Waals surface area contributed by atoms with E-state index in [1.54, 1.807) is 12.1 Å². The van der Waals surface area contributed by atoms with Gasteiger partial charge in [-0.3, -0.25) is 20.4 Å². The molecule has 2 aromatic carbocycles. The molecule has 2 N–H and O–H groups in total. The predicted octanol–water partition coefficient (Wildman–Crippen LogP) is 3.26. The number of hydrogen-bond donors (Lipinski definition) is 2. The summed E-state index contributed by atoms with van der Waals surface area (Å²) in [4.78, 5) is 35.3. The molecule has 0 bridgehead atoms. The Bertz CT molecular complexity index is 807. The number of carbonyl (C=O) groups is 3. The van der Waals surface area contributed by atoms with Crippen molar-refractivity contribution in [3.63, 3.8) is 0 Å². The van der Waals surface area contributed by atoms with E-state index in [-0.39, 0.29) is 26.2 Å². The summed E-state index contributed by atoms with van der Waals surface area (Å²) in [6.45, 7) is -0.605. The molecule has 0 heterocycles. The minimum absolute atomic E-state index is 0.102. The highest BCUT2D eigenvalue weighted by Crippen LogP contribution is 2.19. The number of benzene rings is 2. The largest absolute Gasteiger partial charge is 0.452 e. The molecule has 2 rings (SSSR count). The minimum Gasteiger partial charge on any atom is -0.452 e. The first-order valence-corrected chi connectivity index (χ1v) is 7.97. The number of nitrogens with one attached hydrogen (secondary N) is 2. The zero-order chi connectivity index (χ0) is 18.4. The Balaban J connectivity index is 1.83. The van der Waals surface area contributed by atoms with Crippen molar-refractivity contribution in [3.8, 4) is 0 Å². The molecule has 0 aromatic heterocycles. The van der Waals surface area contributed by atoms with Crippen LogP contribution in [-0.4, -0.2) is 24.4 Å². The Kier molecular flexibility index (Phi) is 6.64. The molecule has 9 heteroatoms. The molecule has 0 saturated carbocycles. The van der Waals surface area contributed by atoms with E-state index >= 15 is 0 Å². The molecule has 0 spiro atoms. The van der Waals surface area contributed by atoms with Gasteiger partial charge >= 0.3 is 5.97 Å². The van der Waals surface area contributed by atoms with Gasteiger partial charge in [0, 0.05) is 10.0 Å². The fourth-order valence-electron chi connectivity index (χ4n) is 1.76. The van der Waals surface area contributed by atoms with Gasteiger partial charge < -0.3 is 4.74 Å². The summed E-state index contributed by atoms with van der Waals surface area (Å²) < 4.78 is 4.82. The first-order chi connectivity index (χ1) is 11.9. The fraction of sp³-hybridized carbons (Fsp3) is 0.0625.